The zero-order valence-electron chi connectivity index (χ0n) is 21.4. The molecular formula is C34H26N3Si. The number of aromatic nitrogens is 2. The summed E-state index contributed by atoms with van der Waals surface area (Å²) < 4.78 is 4.71. The number of benzene rings is 5. The van der Waals surface area contributed by atoms with Gasteiger partial charge in [-0.25, -0.2) is 0 Å². The van der Waals surface area contributed by atoms with Crippen molar-refractivity contribution in [2.24, 2.45) is 0 Å². The van der Waals surface area contributed by atoms with E-state index in [0.717, 1.165) is 33.2 Å². The van der Waals surface area contributed by atoms with E-state index in [9.17, 15) is 5.26 Å². The lowest BCUT2D eigenvalue weighted by Gasteiger charge is -2.13. The summed E-state index contributed by atoms with van der Waals surface area (Å²) in [6.45, 7) is 4.75. The first-order chi connectivity index (χ1) is 18.6. The van der Waals surface area contributed by atoms with E-state index in [1.165, 1.54) is 33.4 Å². The third-order valence-electron chi connectivity index (χ3n) is 7.44. The van der Waals surface area contributed by atoms with Crippen molar-refractivity contribution in [2.75, 3.05) is 0 Å². The summed E-state index contributed by atoms with van der Waals surface area (Å²) in [6.07, 6.45) is 0. The van der Waals surface area contributed by atoms with Gasteiger partial charge in [0, 0.05) is 41.7 Å². The molecule has 2 aromatic heterocycles. The topological polar surface area (TPSA) is 33.6 Å². The Hall–Kier alpha value is -4.59. The molecule has 7 rings (SSSR count). The number of rotatable bonds is 4. The fraction of sp³-hybridized carbons (Fsp3) is 0.0882. The summed E-state index contributed by atoms with van der Waals surface area (Å²) >= 11 is 0. The van der Waals surface area contributed by atoms with E-state index >= 15 is 0 Å². The molecule has 0 atom stereocenters. The molecule has 4 heteroatoms. The largest absolute Gasteiger partial charge is 0.309 e. The van der Waals surface area contributed by atoms with Gasteiger partial charge in [-0.05, 0) is 66.7 Å². The highest BCUT2D eigenvalue weighted by molar-refractivity contribution is 6.55. The minimum absolute atomic E-state index is 0.350. The summed E-state index contributed by atoms with van der Waals surface area (Å²) in [4.78, 5) is 0. The number of nitriles is 1. The van der Waals surface area contributed by atoms with E-state index in [2.05, 4.69) is 125 Å². The second kappa shape index (κ2) is 8.76. The Kier molecular flexibility index (Phi) is 5.21. The van der Waals surface area contributed by atoms with E-state index in [-0.39, 0.29) is 8.80 Å². The molecule has 2 heterocycles. The van der Waals surface area contributed by atoms with Crippen LogP contribution in [-0.4, -0.2) is 17.9 Å². The lowest BCUT2D eigenvalue weighted by atomic mass is 10.1. The van der Waals surface area contributed by atoms with Gasteiger partial charge in [-0.15, -0.1) is 0 Å². The lowest BCUT2D eigenvalue weighted by Crippen LogP contribution is -2.05. The fourth-order valence-electron chi connectivity index (χ4n) is 5.91. The molecule has 0 fully saturated rings. The molecule has 181 valence electrons. The first kappa shape index (κ1) is 22.6. The van der Waals surface area contributed by atoms with Crippen molar-refractivity contribution in [1.82, 2.24) is 9.13 Å². The minimum Gasteiger partial charge on any atom is -0.309 e. The third kappa shape index (κ3) is 3.48. The second-order valence-corrected chi connectivity index (χ2v) is 13.1. The van der Waals surface area contributed by atoms with Crippen LogP contribution in [0.4, 0.5) is 0 Å². The van der Waals surface area contributed by atoms with E-state index in [0.29, 0.717) is 5.56 Å². The van der Waals surface area contributed by atoms with Gasteiger partial charge in [-0.2, -0.15) is 5.26 Å². The van der Waals surface area contributed by atoms with Gasteiger partial charge in [-0.3, -0.25) is 0 Å². The third-order valence-corrected chi connectivity index (χ3v) is 8.56. The van der Waals surface area contributed by atoms with E-state index in [1.807, 2.05) is 12.1 Å². The van der Waals surface area contributed by atoms with Crippen LogP contribution in [0.2, 0.25) is 13.1 Å². The first-order valence-electron chi connectivity index (χ1n) is 13.0. The van der Waals surface area contributed by atoms with Crippen LogP contribution in [0, 0.1) is 11.3 Å². The molecule has 0 unspecified atom stereocenters. The molecule has 0 saturated carbocycles. The van der Waals surface area contributed by atoms with E-state index in [4.69, 9.17) is 0 Å². The number of nitrogens with zero attached hydrogens (tertiary/aromatic N) is 3. The SMILES string of the molecule is C[Si](C)Cc1ccc2c(c1)c1ccccc1n2-c1cccc(-n2c3ccccc3c3cc(C#N)ccc32)c1. The summed E-state index contributed by atoms with van der Waals surface area (Å²) in [5, 5.41) is 14.4. The van der Waals surface area contributed by atoms with Crippen molar-refractivity contribution in [2.45, 2.75) is 19.1 Å². The van der Waals surface area contributed by atoms with Gasteiger partial charge in [0.25, 0.3) is 0 Å². The van der Waals surface area contributed by atoms with Crippen LogP contribution in [-0.2, 0) is 6.04 Å². The van der Waals surface area contributed by atoms with Crippen molar-refractivity contribution in [3.8, 4) is 17.4 Å². The van der Waals surface area contributed by atoms with Crippen molar-refractivity contribution >= 4 is 52.4 Å². The predicted octanol–water partition coefficient (Wildman–Crippen LogP) is 8.59. The van der Waals surface area contributed by atoms with Gasteiger partial charge >= 0.3 is 0 Å². The molecular weight excluding hydrogens is 478 g/mol. The maximum Gasteiger partial charge on any atom is 0.0991 e. The number of fused-ring (bicyclic) bond motifs is 6. The normalized spacial score (nSPS) is 11.7. The molecule has 0 aliphatic carbocycles. The zero-order chi connectivity index (χ0) is 25.8. The zero-order valence-corrected chi connectivity index (χ0v) is 22.4. The minimum atomic E-state index is -0.350. The second-order valence-electron chi connectivity index (χ2n) is 10.3. The summed E-state index contributed by atoms with van der Waals surface area (Å²) in [5.41, 5.74) is 9.03. The van der Waals surface area contributed by atoms with Crippen LogP contribution < -0.4 is 0 Å². The molecule has 0 aliphatic heterocycles. The molecule has 0 amide bonds. The van der Waals surface area contributed by atoms with Crippen LogP contribution in [0.5, 0.6) is 0 Å². The van der Waals surface area contributed by atoms with Crippen LogP contribution in [0.3, 0.4) is 0 Å². The molecule has 1 radical (unpaired) electrons. The van der Waals surface area contributed by atoms with Gasteiger partial charge in [0.2, 0.25) is 0 Å². The smallest absolute Gasteiger partial charge is 0.0991 e. The highest BCUT2D eigenvalue weighted by Crippen LogP contribution is 2.36. The number of hydrogen-bond acceptors (Lipinski definition) is 1. The van der Waals surface area contributed by atoms with Crippen molar-refractivity contribution in [1.29, 1.82) is 5.26 Å². The molecule has 0 bridgehead atoms. The standard InChI is InChI=1S/C34H26N3Si/c1-38(2)22-24-15-17-34-30(19-24)28-11-4-6-13-32(28)37(34)26-9-7-8-25(20-26)36-31-12-5-3-10-27(31)29-18-23(21-35)14-16-33(29)36/h3-20H,22H2,1-2H3. The Bertz CT molecular complexity index is 2050. The Labute approximate surface area is 223 Å². The average Bonchev–Trinajstić information content (AvgIpc) is 3.45. The van der Waals surface area contributed by atoms with Gasteiger partial charge in [-0.1, -0.05) is 67.2 Å². The maximum atomic E-state index is 9.51. The lowest BCUT2D eigenvalue weighted by molar-refractivity contribution is 1.13. The van der Waals surface area contributed by atoms with Crippen molar-refractivity contribution < 1.29 is 0 Å². The highest BCUT2D eigenvalue weighted by atomic mass is 28.3. The fourth-order valence-corrected chi connectivity index (χ4v) is 6.94. The van der Waals surface area contributed by atoms with Gasteiger partial charge in [0.05, 0.1) is 33.7 Å². The molecule has 0 spiro atoms. The van der Waals surface area contributed by atoms with Gasteiger partial charge in [0.15, 0.2) is 0 Å². The molecule has 0 saturated heterocycles. The summed E-state index contributed by atoms with van der Waals surface area (Å²) in [6, 6.07) is 42.4. The molecule has 5 aromatic carbocycles. The molecule has 7 aromatic rings. The summed E-state index contributed by atoms with van der Waals surface area (Å²) in [7, 11) is -0.350. The first-order valence-corrected chi connectivity index (χ1v) is 15.7. The number of para-hydroxylation sites is 2. The van der Waals surface area contributed by atoms with Crippen molar-refractivity contribution in [3.63, 3.8) is 0 Å². The van der Waals surface area contributed by atoms with Crippen molar-refractivity contribution in [3.05, 3.63) is 120 Å². The average molecular weight is 505 g/mol. The molecule has 0 N–H and O–H groups in total. The Morgan fingerprint density at radius 1 is 0.579 bits per heavy atom. The Morgan fingerprint density at radius 2 is 1.13 bits per heavy atom. The van der Waals surface area contributed by atoms with Gasteiger partial charge in [0.1, 0.15) is 0 Å². The monoisotopic (exact) mass is 504 g/mol. The van der Waals surface area contributed by atoms with Crippen LogP contribution in [0.15, 0.2) is 109 Å². The van der Waals surface area contributed by atoms with Crippen LogP contribution in [0.1, 0.15) is 11.1 Å². The molecule has 3 nitrogen and oxygen atoms in total. The number of hydrogen-bond donors (Lipinski definition) is 0. The molecule has 0 aliphatic rings. The predicted molar refractivity (Wildman–Crippen MR) is 161 cm³/mol. The van der Waals surface area contributed by atoms with Crippen LogP contribution in [0.25, 0.3) is 55.0 Å². The molecule has 38 heavy (non-hydrogen) atoms. The Morgan fingerprint density at radius 3 is 1.74 bits per heavy atom. The van der Waals surface area contributed by atoms with E-state index < -0.39 is 0 Å². The Balaban J connectivity index is 1.48. The van der Waals surface area contributed by atoms with E-state index in [1.54, 1.807) is 0 Å². The quantitative estimate of drug-likeness (QED) is 0.221. The van der Waals surface area contributed by atoms with Gasteiger partial charge < -0.3 is 9.13 Å². The highest BCUT2D eigenvalue weighted by Gasteiger charge is 2.16. The maximum absolute atomic E-state index is 9.51. The summed E-state index contributed by atoms with van der Waals surface area (Å²) in [5.74, 6) is 0. The van der Waals surface area contributed by atoms with Crippen LogP contribution >= 0.6 is 0 Å².